The smallest absolute Gasteiger partial charge is 0.232 e. The summed E-state index contributed by atoms with van der Waals surface area (Å²) >= 11 is 0. The van der Waals surface area contributed by atoms with Gasteiger partial charge in [-0.3, -0.25) is 0 Å². The van der Waals surface area contributed by atoms with Crippen molar-refractivity contribution in [1.82, 2.24) is 9.38 Å². The molecular formula is C27H24N3+. The third kappa shape index (κ3) is 2.91. The van der Waals surface area contributed by atoms with E-state index in [2.05, 4.69) is 103 Å². The highest BCUT2D eigenvalue weighted by Gasteiger charge is 2.26. The van der Waals surface area contributed by atoms with Crippen molar-refractivity contribution in [1.29, 1.82) is 0 Å². The lowest BCUT2D eigenvalue weighted by molar-refractivity contribution is -0.644. The molecule has 0 radical (unpaired) electrons. The maximum absolute atomic E-state index is 4.79. The van der Waals surface area contributed by atoms with E-state index in [1.807, 2.05) is 18.3 Å². The van der Waals surface area contributed by atoms with E-state index in [4.69, 9.17) is 4.98 Å². The zero-order valence-corrected chi connectivity index (χ0v) is 17.5. The third-order valence-electron chi connectivity index (χ3n) is 5.75. The van der Waals surface area contributed by atoms with Gasteiger partial charge in [-0.25, -0.2) is 9.55 Å². The molecule has 3 heteroatoms. The minimum Gasteiger partial charge on any atom is -0.232 e. The predicted octanol–water partition coefficient (Wildman–Crippen LogP) is 5.85. The van der Waals surface area contributed by atoms with Crippen LogP contribution in [0.15, 0.2) is 85.2 Å². The Balaban J connectivity index is 1.90. The van der Waals surface area contributed by atoms with E-state index in [1.165, 1.54) is 33.2 Å². The van der Waals surface area contributed by atoms with Gasteiger partial charge in [-0.05, 0) is 48.7 Å². The van der Waals surface area contributed by atoms with Crippen LogP contribution in [0, 0.1) is 6.92 Å². The van der Waals surface area contributed by atoms with Crippen LogP contribution < -0.4 is 4.57 Å². The lowest BCUT2D eigenvalue weighted by atomic mass is 9.99. The Kier molecular flexibility index (Phi) is 4.44. The molecule has 5 aromatic rings. The summed E-state index contributed by atoms with van der Waals surface area (Å²) in [7, 11) is 2.12. The molecule has 0 atom stereocenters. The molecule has 0 N–H and O–H groups in total. The normalized spacial score (nSPS) is 12.0. The second-order valence-corrected chi connectivity index (χ2v) is 7.76. The van der Waals surface area contributed by atoms with E-state index in [-0.39, 0.29) is 0 Å². The second-order valence-electron chi connectivity index (χ2n) is 7.76. The molecular weight excluding hydrogens is 366 g/mol. The standard InChI is InChI=1S/C27H24N3/c1-19(17-21-11-6-4-7-12-21)24-18-29(3)27-25(22-13-8-5-9-14-22)20(2)23-15-10-16-28-26(23)30(24)27/h4-18H,1-3H3/q+1/b19-17+. The van der Waals surface area contributed by atoms with Gasteiger partial charge in [-0.2, -0.15) is 4.40 Å². The summed E-state index contributed by atoms with van der Waals surface area (Å²) < 4.78 is 4.53. The van der Waals surface area contributed by atoms with Crippen molar-refractivity contribution in [2.75, 3.05) is 0 Å². The average Bonchev–Trinajstić information content (AvgIpc) is 3.13. The van der Waals surface area contributed by atoms with Crippen LogP contribution in [-0.2, 0) is 7.05 Å². The van der Waals surface area contributed by atoms with Crippen LogP contribution in [0.1, 0.15) is 23.7 Å². The Morgan fingerprint density at radius 2 is 1.63 bits per heavy atom. The van der Waals surface area contributed by atoms with Gasteiger partial charge < -0.3 is 0 Å². The van der Waals surface area contributed by atoms with Crippen LogP contribution >= 0.6 is 0 Å². The first-order valence-electron chi connectivity index (χ1n) is 10.2. The van der Waals surface area contributed by atoms with Crippen molar-refractivity contribution in [3.05, 3.63) is 102 Å². The summed E-state index contributed by atoms with van der Waals surface area (Å²) in [5.74, 6) is 0. The number of fused-ring (bicyclic) bond motifs is 3. The van der Waals surface area contributed by atoms with Crippen molar-refractivity contribution in [2.45, 2.75) is 13.8 Å². The minimum atomic E-state index is 0.987. The van der Waals surface area contributed by atoms with Gasteiger partial charge in [0.05, 0.1) is 12.6 Å². The van der Waals surface area contributed by atoms with E-state index in [1.54, 1.807) is 0 Å². The summed E-state index contributed by atoms with van der Waals surface area (Å²) in [5, 5.41) is 1.17. The van der Waals surface area contributed by atoms with Crippen molar-refractivity contribution in [3.63, 3.8) is 0 Å². The zero-order valence-electron chi connectivity index (χ0n) is 17.5. The molecule has 0 unspecified atom stereocenters. The molecule has 3 heterocycles. The Morgan fingerprint density at radius 1 is 0.933 bits per heavy atom. The largest absolute Gasteiger partial charge is 0.296 e. The Bertz CT molecular complexity index is 1390. The number of aryl methyl sites for hydroxylation is 2. The predicted molar refractivity (Wildman–Crippen MR) is 124 cm³/mol. The first-order chi connectivity index (χ1) is 14.6. The number of pyridine rings is 2. The van der Waals surface area contributed by atoms with Gasteiger partial charge in [0, 0.05) is 17.2 Å². The molecule has 146 valence electrons. The van der Waals surface area contributed by atoms with Crippen molar-refractivity contribution in [3.8, 4) is 11.1 Å². The summed E-state index contributed by atoms with van der Waals surface area (Å²) in [6.07, 6.45) is 6.33. The monoisotopic (exact) mass is 390 g/mol. The highest BCUT2D eigenvalue weighted by Crippen LogP contribution is 2.34. The SMILES string of the molecule is C/C(=C\c1ccccc1)c1c[n+](C)c2c(-c3ccccc3)c(C)c3cccnc3n12. The molecule has 0 aliphatic carbocycles. The fourth-order valence-corrected chi connectivity index (χ4v) is 4.35. The van der Waals surface area contributed by atoms with Crippen LogP contribution in [0.5, 0.6) is 0 Å². The summed E-state index contributed by atoms with van der Waals surface area (Å²) in [6, 6.07) is 25.3. The molecule has 0 amide bonds. The maximum atomic E-state index is 4.79. The minimum absolute atomic E-state index is 0.987. The number of allylic oxidation sites excluding steroid dienone is 1. The fourth-order valence-electron chi connectivity index (χ4n) is 4.35. The lowest BCUT2D eigenvalue weighted by Crippen LogP contribution is -2.26. The van der Waals surface area contributed by atoms with Gasteiger partial charge in [-0.1, -0.05) is 60.7 Å². The van der Waals surface area contributed by atoms with Crippen molar-refractivity contribution < 1.29 is 4.57 Å². The molecule has 2 aromatic carbocycles. The molecule has 3 nitrogen and oxygen atoms in total. The van der Waals surface area contributed by atoms with Gasteiger partial charge in [0.25, 0.3) is 5.65 Å². The van der Waals surface area contributed by atoms with Crippen LogP contribution in [0.4, 0.5) is 0 Å². The lowest BCUT2D eigenvalue weighted by Gasteiger charge is -2.10. The Hall–Kier alpha value is -3.72. The number of nitrogens with zero attached hydrogens (tertiary/aromatic N) is 3. The van der Waals surface area contributed by atoms with Crippen molar-refractivity contribution in [2.24, 2.45) is 7.05 Å². The molecule has 0 spiro atoms. The second kappa shape index (κ2) is 7.27. The number of rotatable bonds is 3. The van der Waals surface area contributed by atoms with E-state index in [0.717, 1.165) is 17.0 Å². The molecule has 0 aliphatic heterocycles. The molecule has 0 saturated carbocycles. The average molecular weight is 391 g/mol. The quantitative estimate of drug-likeness (QED) is 0.354. The molecule has 0 saturated heterocycles. The zero-order chi connectivity index (χ0) is 20.7. The van der Waals surface area contributed by atoms with Crippen LogP contribution in [0.25, 0.3) is 39.5 Å². The van der Waals surface area contributed by atoms with Crippen LogP contribution in [-0.4, -0.2) is 9.38 Å². The maximum Gasteiger partial charge on any atom is 0.296 e. The van der Waals surface area contributed by atoms with E-state index in [9.17, 15) is 0 Å². The molecule has 3 aromatic heterocycles. The fraction of sp³-hybridized carbons (Fsp3) is 0.111. The first-order valence-corrected chi connectivity index (χ1v) is 10.2. The Morgan fingerprint density at radius 3 is 2.37 bits per heavy atom. The van der Waals surface area contributed by atoms with Gasteiger partial charge in [0.15, 0.2) is 5.69 Å². The summed E-state index contributed by atoms with van der Waals surface area (Å²) in [4.78, 5) is 4.79. The van der Waals surface area contributed by atoms with Gasteiger partial charge in [-0.15, -0.1) is 0 Å². The summed E-state index contributed by atoms with van der Waals surface area (Å²) in [5.41, 5.74) is 9.40. The van der Waals surface area contributed by atoms with Gasteiger partial charge in [0.2, 0.25) is 5.65 Å². The molecule has 0 aliphatic rings. The number of imidazole rings is 1. The topological polar surface area (TPSA) is 21.2 Å². The third-order valence-corrected chi connectivity index (χ3v) is 5.75. The molecule has 0 bridgehead atoms. The number of hydrogen-bond donors (Lipinski definition) is 0. The first kappa shape index (κ1) is 18.3. The number of aromatic nitrogens is 3. The molecule has 0 fully saturated rings. The van der Waals surface area contributed by atoms with Crippen LogP contribution in [0.3, 0.4) is 0 Å². The van der Waals surface area contributed by atoms with E-state index in [0.29, 0.717) is 0 Å². The Labute approximate surface area is 176 Å². The highest BCUT2D eigenvalue weighted by molar-refractivity contribution is 5.95. The highest BCUT2D eigenvalue weighted by atomic mass is 15.1. The van der Waals surface area contributed by atoms with Gasteiger partial charge in [0.1, 0.15) is 6.20 Å². The van der Waals surface area contributed by atoms with Crippen molar-refractivity contribution >= 4 is 28.3 Å². The van der Waals surface area contributed by atoms with E-state index < -0.39 is 0 Å². The number of benzene rings is 2. The number of hydrogen-bond acceptors (Lipinski definition) is 1. The van der Waals surface area contributed by atoms with Gasteiger partial charge >= 0.3 is 0 Å². The molecule has 5 rings (SSSR count). The van der Waals surface area contributed by atoms with Crippen LogP contribution in [0.2, 0.25) is 0 Å². The summed E-state index contributed by atoms with van der Waals surface area (Å²) in [6.45, 7) is 4.37. The molecule has 30 heavy (non-hydrogen) atoms. The van der Waals surface area contributed by atoms with E-state index >= 15 is 0 Å².